The number of nitro benzene ring substituents is 1. The molecule has 0 aliphatic heterocycles. The van der Waals surface area contributed by atoms with Crippen LogP contribution in [0.15, 0.2) is 76.7 Å². The van der Waals surface area contributed by atoms with E-state index in [4.69, 9.17) is 11.6 Å². The first-order chi connectivity index (χ1) is 14.3. The first-order valence-corrected chi connectivity index (χ1v) is 10.5. The molecule has 0 bridgehead atoms. The van der Waals surface area contributed by atoms with Crippen LogP contribution in [-0.2, 0) is 10.0 Å². The van der Waals surface area contributed by atoms with Gasteiger partial charge in [0.05, 0.1) is 27.5 Å². The average Bonchev–Trinajstić information content (AvgIpc) is 2.71. The SMILES string of the molecule is Cc1ccccc1C=NNc1ccc([N+](=O)[O-])cc1S(=O)(=O)Nc1ccccc1Cl. The number of anilines is 2. The van der Waals surface area contributed by atoms with Crippen molar-refractivity contribution in [1.29, 1.82) is 0 Å². The van der Waals surface area contributed by atoms with E-state index in [9.17, 15) is 18.5 Å². The average molecular weight is 445 g/mol. The molecule has 30 heavy (non-hydrogen) atoms. The van der Waals surface area contributed by atoms with Crippen molar-refractivity contribution in [2.24, 2.45) is 5.10 Å². The van der Waals surface area contributed by atoms with E-state index in [0.717, 1.165) is 17.2 Å². The molecule has 0 amide bonds. The topological polar surface area (TPSA) is 114 Å². The van der Waals surface area contributed by atoms with Gasteiger partial charge >= 0.3 is 0 Å². The standard InChI is InChI=1S/C20H17ClN4O4S/c1-14-6-2-3-7-15(14)13-22-23-19-11-10-16(25(26)27)12-20(19)30(28,29)24-18-9-5-4-8-17(18)21/h2-13,23-24H,1H3. The van der Waals surface area contributed by atoms with E-state index in [1.54, 1.807) is 12.1 Å². The number of hydrogen-bond acceptors (Lipinski definition) is 6. The molecular weight excluding hydrogens is 428 g/mol. The Kier molecular flexibility index (Phi) is 6.34. The second kappa shape index (κ2) is 8.93. The number of halogens is 1. The molecule has 0 aliphatic carbocycles. The summed E-state index contributed by atoms with van der Waals surface area (Å²) in [5.41, 5.74) is 4.34. The summed E-state index contributed by atoms with van der Waals surface area (Å²) in [4.78, 5) is 10.2. The Balaban J connectivity index is 1.97. The highest BCUT2D eigenvalue weighted by atomic mass is 35.5. The Morgan fingerprint density at radius 1 is 1.03 bits per heavy atom. The van der Waals surface area contributed by atoms with Crippen LogP contribution in [0.3, 0.4) is 0 Å². The minimum atomic E-state index is -4.20. The van der Waals surface area contributed by atoms with Gasteiger partial charge in [-0.25, -0.2) is 8.42 Å². The molecule has 154 valence electrons. The number of nitrogens with one attached hydrogen (secondary N) is 2. The zero-order valence-corrected chi connectivity index (χ0v) is 17.3. The fraction of sp³-hybridized carbons (Fsp3) is 0.0500. The van der Waals surface area contributed by atoms with E-state index < -0.39 is 14.9 Å². The van der Waals surface area contributed by atoms with Gasteiger partial charge in [-0.15, -0.1) is 0 Å². The lowest BCUT2D eigenvalue weighted by molar-refractivity contribution is -0.385. The van der Waals surface area contributed by atoms with Crippen LogP contribution < -0.4 is 10.1 Å². The Bertz CT molecular complexity index is 1230. The molecule has 0 radical (unpaired) electrons. The van der Waals surface area contributed by atoms with Crippen molar-refractivity contribution in [3.8, 4) is 0 Å². The Morgan fingerprint density at radius 2 is 1.73 bits per heavy atom. The molecule has 3 aromatic carbocycles. The zero-order chi connectivity index (χ0) is 21.7. The molecule has 0 aromatic heterocycles. The van der Waals surface area contributed by atoms with Gasteiger partial charge in [-0.05, 0) is 36.2 Å². The lowest BCUT2D eigenvalue weighted by Gasteiger charge is -2.13. The number of nitro groups is 1. The van der Waals surface area contributed by atoms with Gasteiger partial charge in [0.2, 0.25) is 0 Å². The van der Waals surface area contributed by atoms with Crippen molar-refractivity contribution in [3.63, 3.8) is 0 Å². The summed E-state index contributed by atoms with van der Waals surface area (Å²) in [5, 5.41) is 15.4. The molecule has 0 saturated heterocycles. The number of benzene rings is 3. The summed E-state index contributed by atoms with van der Waals surface area (Å²) in [6.45, 7) is 1.91. The quantitative estimate of drug-likeness (QED) is 0.308. The lowest BCUT2D eigenvalue weighted by Crippen LogP contribution is -2.15. The second-order valence-corrected chi connectivity index (χ2v) is 8.31. The van der Waals surface area contributed by atoms with E-state index in [-0.39, 0.29) is 27.0 Å². The predicted octanol–water partition coefficient (Wildman–Crippen LogP) is 4.80. The number of para-hydroxylation sites is 1. The van der Waals surface area contributed by atoms with Crippen molar-refractivity contribution >= 4 is 44.9 Å². The monoisotopic (exact) mass is 444 g/mol. The summed E-state index contributed by atoms with van der Waals surface area (Å²) < 4.78 is 28.3. The summed E-state index contributed by atoms with van der Waals surface area (Å²) in [5.74, 6) is 0. The van der Waals surface area contributed by atoms with Crippen molar-refractivity contribution in [1.82, 2.24) is 0 Å². The molecule has 3 rings (SSSR count). The Hall–Kier alpha value is -3.43. The highest BCUT2D eigenvalue weighted by molar-refractivity contribution is 7.93. The van der Waals surface area contributed by atoms with Gasteiger partial charge in [0, 0.05) is 12.1 Å². The maximum absolute atomic E-state index is 13.0. The van der Waals surface area contributed by atoms with E-state index in [0.29, 0.717) is 0 Å². The van der Waals surface area contributed by atoms with E-state index >= 15 is 0 Å². The molecule has 0 unspecified atom stereocenters. The van der Waals surface area contributed by atoms with E-state index in [2.05, 4.69) is 15.2 Å². The van der Waals surface area contributed by atoms with Gasteiger partial charge in [-0.3, -0.25) is 20.3 Å². The minimum Gasteiger partial charge on any atom is -0.278 e. The van der Waals surface area contributed by atoms with E-state index in [1.807, 2.05) is 31.2 Å². The molecule has 0 spiro atoms. The first-order valence-electron chi connectivity index (χ1n) is 8.68. The highest BCUT2D eigenvalue weighted by Crippen LogP contribution is 2.30. The maximum atomic E-state index is 13.0. The van der Waals surface area contributed by atoms with Crippen LogP contribution in [0.4, 0.5) is 17.1 Å². The van der Waals surface area contributed by atoms with Gasteiger partial charge in [0.1, 0.15) is 4.90 Å². The largest absolute Gasteiger partial charge is 0.278 e. The molecular formula is C20H17ClN4O4S. The van der Waals surface area contributed by atoms with Crippen molar-refractivity contribution in [2.45, 2.75) is 11.8 Å². The van der Waals surface area contributed by atoms with Crippen molar-refractivity contribution < 1.29 is 13.3 Å². The summed E-state index contributed by atoms with van der Waals surface area (Å²) >= 11 is 6.03. The molecule has 10 heteroatoms. The third kappa shape index (κ3) is 4.94. The van der Waals surface area contributed by atoms with Crippen molar-refractivity contribution in [2.75, 3.05) is 10.1 Å². The number of aryl methyl sites for hydroxylation is 1. The second-order valence-electron chi connectivity index (χ2n) is 6.25. The molecule has 2 N–H and O–H groups in total. The number of sulfonamides is 1. The van der Waals surface area contributed by atoms with Gasteiger partial charge in [-0.2, -0.15) is 5.10 Å². The minimum absolute atomic E-state index is 0.0741. The molecule has 0 heterocycles. The van der Waals surface area contributed by atoms with Crippen LogP contribution in [0.5, 0.6) is 0 Å². The van der Waals surface area contributed by atoms with Crippen molar-refractivity contribution in [3.05, 3.63) is 93.0 Å². The van der Waals surface area contributed by atoms with E-state index in [1.165, 1.54) is 30.5 Å². The number of rotatable bonds is 7. The van der Waals surface area contributed by atoms with Gasteiger partial charge < -0.3 is 0 Å². The smallest absolute Gasteiger partial charge is 0.270 e. The van der Waals surface area contributed by atoms with Crippen LogP contribution >= 0.6 is 11.6 Å². The normalized spacial score (nSPS) is 11.4. The predicted molar refractivity (Wildman–Crippen MR) is 118 cm³/mol. The summed E-state index contributed by atoms with van der Waals surface area (Å²) in [6, 6.07) is 17.2. The number of non-ortho nitro benzene ring substituents is 1. The Morgan fingerprint density at radius 3 is 2.43 bits per heavy atom. The molecule has 3 aromatic rings. The van der Waals surface area contributed by atoms with Gasteiger partial charge in [0.15, 0.2) is 0 Å². The fourth-order valence-electron chi connectivity index (χ4n) is 2.59. The van der Waals surface area contributed by atoms with Crippen LogP contribution in [0, 0.1) is 17.0 Å². The zero-order valence-electron chi connectivity index (χ0n) is 15.7. The summed E-state index contributed by atoms with van der Waals surface area (Å²) in [6.07, 6.45) is 1.54. The summed E-state index contributed by atoms with van der Waals surface area (Å²) in [7, 11) is -4.20. The van der Waals surface area contributed by atoms with Gasteiger partial charge in [0.25, 0.3) is 15.7 Å². The van der Waals surface area contributed by atoms with Crippen LogP contribution in [0.2, 0.25) is 5.02 Å². The third-order valence-electron chi connectivity index (χ3n) is 4.16. The third-order valence-corrected chi connectivity index (χ3v) is 5.90. The van der Waals surface area contributed by atoms with Crippen LogP contribution in [0.25, 0.3) is 0 Å². The number of nitrogens with zero attached hydrogens (tertiary/aromatic N) is 2. The molecule has 0 fully saturated rings. The number of hydrazone groups is 1. The first kappa shape index (κ1) is 21.3. The maximum Gasteiger partial charge on any atom is 0.270 e. The Labute approximate surface area is 178 Å². The molecule has 8 nitrogen and oxygen atoms in total. The molecule has 0 saturated carbocycles. The fourth-order valence-corrected chi connectivity index (χ4v) is 4.08. The lowest BCUT2D eigenvalue weighted by atomic mass is 10.1. The van der Waals surface area contributed by atoms with Crippen LogP contribution in [0.1, 0.15) is 11.1 Å². The van der Waals surface area contributed by atoms with Crippen LogP contribution in [-0.4, -0.2) is 19.6 Å². The van der Waals surface area contributed by atoms with Gasteiger partial charge in [-0.1, -0.05) is 48.0 Å². The highest BCUT2D eigenvalue weighted by Gasteiger charge is 2.23. The molecule has 0 atom stereocenters. The number of hydrogen-bond donors (Lipinski definition) is 2. The molecule has 0 aliphatic rings.